The van der Waals surface area contributed by atoms with Gasteiger partial charge in [-0.15, -0.1) is 0 Å². The molecule has 8 bridgehead atoms. The number of carbonyl (C=O) groups excluding carboxylic acids is 4. The van der Waals surface area contributed by atoms with E-state index >= 15 is 0 Å². The SMILES string of the molecule is NC(=O)c1ccc2c(c1)-c1nc-2nc2[nH]c(nc3nc(nc4[nH]c(n1)c1ccc(C(N)=O)cc41)-c1ccc(C(N)=O)cc1-3)c1ccc(C(N)=O)cc21. The highest BCUT2D eigenvalue weighted by atomic mass is 16.2. The summed E-state index contributed by atoms with van der Waals surface area (Å²) in [6.45, 7) is 0. The standard InChI is InChI=1S/C36H22N12O4/c37-25(49)13-1-5-17-21(9-13)33-41-29(17)45-34-22-10-14(26(38)50)2-6-18(22)31(42-34)47-36-24-12-16(28(40)52)4-8-20(24)32(44-36)48-35-23-11-15(27(39)51)3-7-19(23)30(43-35)46-33/h1-12H,(H2,37,49)(H2,38,50)(H2,39,51)(H2,40,52)(H2,41,42,43,44,45,46,47,48). The summed E-state index contributed by atoms with van der Waals surface area (Å²) in [5.41, 5.74) is 26.8. The summed E-state index contributed by atoms with van der Waals surface area (Å²) >= 11 is 0. The summed E-state index contributed by atoms with van der Waals surface area (Å²) in [7, 11) is 0. The van der Waals surface area contributed by atoms with Gasteiger partial charge in [0.05, 0.1) is 0 Å². The summed E-state index contributed by atoms with van der Waals surface area (Å²) < 4.78 is 0. The number of H-pyrrole nitrogens is 2. The molecule has 16 heteroatoms. The van der Waals surface area contributed by atoms with E-state index in [9.17, 15) is 19.2 Å². The van der Waals surface area contributed by atoms with E-state index in [1.807, 2.05) is 0 Å². The average molecular weight is 687 g/mol. The molecule has 0 spiro atoms. The van der Waals surface area contributed by atoms with Gasteiger partial charge in [-0.05, 0) is 72.8 Å². The second-order valence-corrected chi connectivity index (χ2v) is 12.1. The molecule has 10 N–H and O–H groups in total. The molecular formula is C36H22N12O4. The van der Waals surface area contributed by atoms with Gasteiger partial charge < -0.3 is 32.9 Å². The molecule has 52 heavy (non-hydrogen) atoms. The fraction of sp³-hybridized carbons (Fsp3) is 0. The molecule has 5 heterocycles. The lowest BCUT2D eigenvalue weighted by molar-refractivity contribution is 0.0992. The first-order chi connectivity index (χ1) is 25.0. The lowest BCUT2D eigenvalue weighted by atomic mass is 10.0. The van der Waals surface area contributed by atoms with Crippen molar-refractivity contribution >= 4 is 67.8 Å². The van der Waals surface area contributed by atoms with Crippen LogP contribution in [0.15, 0.2) is 72.8 Å². The lowest BCUT2D eigenvalue weighted by Crippen LogP contribution is -2.10. The molecule has 2 aliphatic rings. The van der Waals surface area contributed by atoms with Crippen molar-refractivity contribution < 1.29 is 19.2 Å². The molecule has 0 atom stereocenters. The molecule has 2 aliphatic heterocycles. The van der Waals surface area contributed by atoms with Crippen LogP contribution in [0.4, 0.5) is 0 Å². The zero-order chi connectivity index (χ0) is 36.0. The van der Waals surface area contributed by atoms with Crippen LogP contribution in [0.2, 0.25) is 0 Å². The first-order valence-electron chi connectivity index (χ1n) is 15.6. The minimum absolute atomic E-state index is 0.203. The van der Waals surface area contributed by atoms with E-state index < -0.39 is 23.6 Å². The molecule has 3 aromatic heterocycles. The van der Waals surface area contributed by atoms with Crippen LogP contribution in [0, 0.1) is 0 Å². The van der Waals surface area contributed by atoms with Gasteiger partial charge in [-0.2, -0.15) is 0 Å². The maximum absolute atomic E-state index is 12.2. The minimum atomic E-state index is -0.645. The van der Waals surface area contributed by atoms with Crippen molar-refractivity contribution in [3.8, 4) is 45.6 Å². The fourth-order valence-electron chi connectivity index (χ4n) is 6.41. The molecule has 4 aromatic carbocycles. The van der Waals surface area contributed by atoms with E-state index in [1.165, 1.54) is 0 Å². The zero-order valence-electron chi connectivity index (χ0n) is 26.6. The molecule has 0 radical (unpaired) electrons. The maximum Gasteiger partial charge on any atom is 0.248 e. The normalized spacial score (nSPS) is 11.7. The van der Waals surface area contributed by atoms with Gasteiger partial charge in [-0.25, -0.2) is 29.9 Å². The van der Waals surface area contributed by atoms with E-state index in [1.54, 1.807) is 72.8 Å². The summed E-state index contributed by atoms with van der Waals surface area (Å²) in [5.74, 6) is -1.70. The Balaban J connectivity index is 1.48. The number of amides is 4. The van der Waals surface area contributed by atoms with Crippen molar-refractivity contribution in [3.63, 3.8) is 0 Å². The maximum atomic E-state index is 12.2. The van der Waals surface area contributed by atoms with Gasteiger partial charge in [-0.1, -0.05) is 0 Å². The van der Waals surface area contributed by atoms with Crippen molar-refractivity contribution in [1.82, 2.24) is 39.9 Å². The third-order valence-corrected chi connectivity index (χ3v) is 8.97. The zero-order valence-corrected chi connectivity index (χ0v) is 26.6. The molecule has 0 fully saturated rings. The third-order valence-electron chi connectivity index (χ3n) is 8.97. The molecule has 0 saturated heterocycles. The number of hydrogen-bond acceptors (Lipinski definition) is 10. The Bertz CT molecular complexity index is 2800. The number of rotatable bonds is 4. The number of fused-ring (bicyclic) bond motifs is 20. The van der Waals surface area contributed by atoms with Gasteiger partial charge in [0.15, 0.2) is 23.3 Å². The van der Waals surface area contributed by atoms with E-state index in [4.69, 9.17) is 52.8 Å². The van der Waals surface area contributed by atoms with Crippen LogP contribution in [0.25, 0.3) is 89.7 Å². The van der Waals surface area contributed by atoms with Crippen LogP contribution in [-0.2, 0) is 0 Å². The Hall–Kier alpha value is -7.88. The Morgan fingerprint density at radius 1 is 0.365 bits per heavy atom. The predicted octanol–water partition coefficient (Wildman–Crippen LogP) is 3.26. The first-order valence-corrected chi connectivity index (χ1v) is 15.6. The van der Waals surface area contributed by atoms with Crippen molar-refractivity contribution in [3.05, 3.63) is 95.1 Å². The largest absolute Gasteiger partial charge is 0.366 e. The molecule has 7 aromatic rings. The summed E-state index contributed by atoms with van der Waals surface area (Å²) in [5, 5.41) is 2.16. The van der Waals surface area contributed by atoms with E-state index in [0.717, 1.165) is 0 Å². The van der Waals surface area contributed by atoms with Crippen molar-refractivity contribution in [2.45, 2.75) is 0 Å². The average Bonchev–Trinajstić information content (AvgIpc) is 3.85. The van der Waals surface area contributed by atoms with Gasteiger partial charge in [-0.3, -0.25) is 19.2 Å². The third kappa shape index (κ3) is 4.62. The highest BCUT2D eigenvalue weighted by molar-refractivity contribution is 6.10. The van der Waals surface area contributed by atoms with Gasteiger partial charge >= 0.3 is 0 Å². The molecule has 16 nitrogen and oxygen atoms in total. The number of nitrogens with two attached hydrogens (primary N) is 4. The number of nitrogens with zero attached hydrogens (tertiary/aromatic N) is 6. The predicted molar refractivity (Wildman–Crippen MR) is 190 cm³/mol. The van der Waals surface area contributed by atoms with Crippen LogP contribution in [0.3, 0.4) is 0 Å². The summed E-state index contributed by atoms with van der Waals surface area (Å²) in [4.78, 5) is 84.5. The Kier molecular flexibility index (Phi) is 6.28. The molecular weight excluding hydrogens is 664 g/mol. The topological polar surface area (TPSA) is 281 Å². The number of carbonyl (C=O) groups is 4. The van der Waals surface area contributed by atoms with Crippen LogP contribution in [0.1, 0.15) is 41.4 Å². The number of primary amides is 4. The highest BCUT2D eigenvalue weighted by Crippen LogP contribution is 2.38. The first kappa shape index (κ1) is 30.2. The van der Waals surface area contributed by atoms with E-state index in [-0.39, 0.29) is 45.6 Å². The van der Waals surface area contributed by atoms with Gasteiger partial charge in [0.1, 0.15) is 22.6 Å². The van der Waals surface area contributed by atoms with E-state index in [2.05, 4.69) is 9.97 Å². The number of nitrogens with one attached hydrogen (secondary N) is 2. The van der Waals surface area contributed by atoms with Gasteiger partial charge in [0.2, 0.25) is 23.6 Å². The Morgan fingerprint density at radius 3 is 1.04 bits per heavy atom. The Morgan fingerprint density at radius 2 is 0.673 bits per heavy atom. The van der Waals surface area contributed by atoms with Crippen LogP contribution in [-0.4, -0.2) is 63.5 Å². The monoisotopic (exact) mass is 686 g/mol. The van der Waals surface area contributed by atoms with Crippen LogP contribution >= 0.6 is 0 Å². The second kappa shape index (κ2) is 10.8. The summed E-state index contributed by atoms with van der Waals surface area (Å²) in [6, 6.07) is 19.3. The molecule has 0 aliphatic carbocycles. The quantitative estimate of drug-likeness (QED) is 0.157. The van der Waals surface area contributed by atoms with Crippen molar-refractivity contribution in [2.24, 2.45) is 22.9 Å². The molecule has 9 rings (SSSR count). The smallest absolute Gasteiger partial charge is 0.248 e. The molecule has 0 unspecified atom stereocenters. The molecule has 250 valence electrons. The Labute approximate surface area is 290 Å². The number of benzene rings is 4. The van der Waals surface area contributed by atoms with E-state index in [0.29, 0.717) is 66.4 Å². The van der Waals surface area contributed by atoms with Crippen molar-refractivity contribution in [1.29, 1.82) is 0 Å². The van der Waals surface area contributed by atoms with Crippen molar-refractivity contribution in [2.75, 3.05) is 0 Å². The molecule has 0 saturated carbocycles. The van der Waals surface area contributed by atoms with Gasteiger partial charge in [0.25, 0.3) is 0 Å². The number of aromatic nitrogens is 8. The number of aromatic amines is 2. The lowest BCUT2D eigenvalue weighted by Gasteiger charge is -2.01. The number of hydrogen-bond donors (Lipinski definition) is 6. The minimum Gasteiger partial charge on any atom is -0.366 e. The van der Waals surface area contributed by atoms with Crippen LogP contribution < -0.4 is 22.9 Å². The highest BCUT2D eigenvalue weighted by Gasteiger charge is 2.24. The van der Waals surface area contributed by atoms with Crippen LogP contribution in [0.5, 0.6) is 0 Å². The summed E-state index contributed by atoms with van der Waals surface area (Å²) in [6.07, 6.45) is 0. The second-order valence-electron chi connectivity index (χ2n) is 12.1. The molecule has 4 amide bonds. The van der Waals surface area contributed by atoms with Gasteiger partial charge in [0, 0.05) is 66.1 Å². The fourth-order valence-corrected chi connectivity index (χ4v) is 6.41.